The van der Waals surface area contributed by atoms with Crippen LogP contribution in [0.4, 0.5) is 22.7 Å². The normalized spacial score (nSPS) is 10.8. The summed E-state index contributed by atoms with van der Waals surface area (Å²) in [5, 5.41) is 18.1. The second-order valence-electron chi connectivity index (χ2n) is 12.4. The van der Waals surface area contributed by atoms with Gasteiger partial charge in [-0.15, -0.1) is 23.2 Å². The molecule has 0 aliphatic heterocycles. The van der Waals surface area contributed by atoms with E-state index in [1.807, 2.05) is 60.7 Å². The van der Waals surface area contributed by atoms with Crippen molar-refractivity contribution in [3.63, 3.8) is 0 Å². The zero-order valence-corrected chi connectivity index (χ0v) is 30.8. The van der Waals surface area contributed by atoms with Crippen molar-refractivity contribution in [2.24, 2.45) is 0 Å². The molecule has 0 saturated heterocycles. The fourth-order valence-electron chi connectivity index (χ4n) is 5.76. The van der Waals surface area contributed by atoms with E-state index in [0.29, 0.717) is 42.3 Å². The van der Waals surface area contributed by atoms with E-state index in [1.165, 1.54) is 12.5 Å². The second-order valence-corrected chi connectivity index (χ2v) is 13.2. The van der Waals surface area contributed by atoms with Gasteiger partial charge in [-0.3, -0.25) is 4.79 Å². The lowest BCUT2D eigenvalue weighted by Crippen LogP contribution is -2.27. The van der Waals surface area contributed by atoms with Crippen LogP contribution in [0.15, 0.2) is 91.0 Å². The van der Waals surface area contributed by atoms with Gasteiger partial charge in [0.2, 0.25) is 5.91 Å². The van der Waals surface area contributed by atoms with E-state index in [4.69, 9.17) is 28.2 Å². The molecule has 0 aliphatic rings. The molecular formula is C41H46Cl2N4O4. The van der Waals surface area contributed by atoms with Crippen LogP contribution in [0.2, 0.25) is 0 Å². The third kappa shape index (κ3) is 12.3. The van der Waals surface area contributed by atoms with Gasteiger partial charge in [-0.05, 0) is 86.7 Å². The fourth-order valence-corrected chi connectivity index (χ4v) is 6.16. The van der Waals surface area contributed by atoms with Gasteiger partial charge >= 0.3 is 0 Å². The molecule has 0 fully saturated rings. The van der Waals surface area contributed by atoms with Crippen LogP contribution >= 0.6 is 23.2 Å². The summed E-state index contributed by atoms with van der Waals surface area (Å²) in [7, 11) is 0. The summed E-state index contributed by atoms with van der Waals surface area (Å²) in [4.78, 5) is 41.2. The number of rotatable bonds is 17. The van der Waals surface area contributed by atoms with Crippen molar-refractivity contribution in [1.29, 1.82) is 0 Å². The number of aliphatic hydroxyl groups excluding tert-OH is 1. The minimum atomic E-state index is -0.160. The van der Waals surface area contributed by atoms with Crippen LogP contribution in [-0.4, -0.2) is 52.4 Å². The molecule has 1 amide bonds. The van der Waals surface area contributed by atoms with Crippen molar-refractivity contribution in [3.05, 3.63) is 102 Å². The van der Waals surface area contributed by atoms with Crippen LogP contribution in [0, 0.1) is 0 Å². The first-order valence-electron chi connectivity index (χ1n) is 17.2. The Balaban J connectivity index is 0.000000263. The third-order valence-electron chi connectivity index (χ3n) is 8.25. The molecule has 0 atom stereocenters. The molecule has 8 nitrogen and oxygen atoms in total. The van der Waals surface area contributed by atoms with Crippen molar-refractivity contribution in [3.8, 4) is 0 Å². The number of aryl methyl sites for hydroxylation is 1. The van der Waals surface area contributed by atoms with Gasteiger partial charge < -0.3 is 30.2 Å². The maximum absolute atomic E-state index is 12.3. The fraction of sp³-hybridized carbons (Fsp3) is 0.317. The number of alkyl halides is 2. The molecule has 0 radical (unpaired) electrons. The number of nitrogens with zero attached hydrogens (tertiary/aromatic N) is 2. The Labute approximate surface area is 310 Å². The Hall–Kier alpha value is -4.50. The minimum absolute atomic E-state index is 0.0726. The predicted octanol–water partition coefficient (Wildman–Crippen LogP) is 9.20. The van der Waals surface area contributed by atoms with Gasteiger partial charge in [0, 0.05) is 71.9 Å². The van der Waals surface area contributed by atoms with E-state index in [9.17, 15) is 19.5 Å². The average Bonchev–Trinajstić information content (AvgIpc) is 3.11. The monoisotopic (exact) mass is 728 g/mol. The number of halogens is 2. The van der Waals surface area contributed by atoms with Crippen LogP contribution < -0.4 is 15.5 Å². The highest BCUT2D eigenvalue weighted by molar-refractivity contribution is 6.18. The van der Waals surface area contributed by atoms with Crippen LogP contribution in [0.5, 0.6) is 0 Å². The molecule has 0 spiro atoms. The summed E-state index contributed by atoms with van der Waals surface area (Å²) in [6.45, 7) is 4.61. The van der Waals surface area contributed by atoms with Gasteiger partial charge in [0.25, 0.3) is 0 Å². The molecule has 5 aromatic rings. The number of nitrogens with one attached hydrogen (secondary N) is 2. The Bertz CT molecular complexity index is 1860. The van der Waals surface area contributed by atoms with Crippen molar-refractivity contribution in [2.75, 3.05) is 40.4 Å². The SMILES string of the molecule is CC(=O)CCCC(=O)Nc1cc(CO)cc(Nc2c3ccccc3nc3ccccc23)c1.CC(=O)CCCc1ccc(N(CCCl)CCCl)cc1. The number of ketones is 2. The number of anilines is 4. The molecule has 10 heteroatoms. The summed E-state index contributed by atoms with van der Waals surface area (Å²) in [5.74, 6) is 1.36. The van der Waals surface area contributed by atoms with Gasteiger partial charge in [0.15, 0.2) is 0 Å². The predicted molar refractivity (Wildman–Crippen MR) is 212 cm³/mol. The molecule has 268 valence electrons. The number of benzene rings is 4. The van der Waals surface area contributed by atoms with E-state index in [1.54, 1.807) is 13.0 Å². The van der Waals surface area contributed by atoms with Crippen LogP contribution in [0.1, 0.15) is 57.1 Å². The minimum Gasteiger partial charge on any atom is -0.392 e. The topological polar surface area (TPSA) is 112 Å². The van der Waals surface area contributed by atoms with E-state index in [-0.39, 0.29) is 30.5 Å². The van der Waals surface area contributed by atoms with Crippen LogP contribution in [0.25, 0.3) is 21.8 Å². The Morgan fingerprint density at radius 3 is 1.84 bits per heavy atom. The average molecular weight is 730 g/mol. The first-order valence-corrected chi connectivity index (χ1v) is 18.3. The maximum atomic E-state index is 12.3. The van der Waals surface area contributed by atoms with Crippen molar-refractivity contribution in [1.82, 2.24) is 4.98 Å². The molecule has 51 heavy (non-hydrogen) atoms. The van der Waals surface area contributed by atoms with E-state index >= 15 is 0 Å². The van der Waals surface area contributed by atoms with Crippen molar-refractivity contribution < 1.29 is 19.5 Å². The second kappa shape index (κ2) is 20.4. The highest BCUT2D eigenvalue weighted by Gasteiger charge is 2.12. The molecule has 5 rings (SSSR count). The summed E-state index contributed by atoms with van der Waals surface area (Å²) >= 11 is 11.6. The van der Waals surface area contributed by atoms with Gasteiger partial charge in [0.1, 0.15) is 11.6 Å². The highest BCUT2D eigenvalue weighted by atomic mass is 35.5. The molecular weight excluding hydrogens is 683 g/mol. The number of aliphatic hydroxyl groups is 1. The first-order chi connectivity index (χ1) is 24.7. The Morgan fingerprint density at radius 2 is 1.27 bits per heavy atom. The van der Waals surface area contributed by atoms with Gasteiger partial charge in [-0.1, -0.05) is 48.5 Å². The van der Waals surface area contributed by atoms with E-state index in [2.05, 4.69) is 39.8 Å². The summed E-state index contributed by atoms with van der Waals surface area (Å²) in [6, 6.07) is 29.7. The standard InChI is InChI=1S/C26H25N3O3.C15H21Cl2NO/c1-17(31)7-6-12-25(32)27-19-13-18(16-30)14-20(15-19)28-26-21-8-2-4-10-23(21)29-24-11-5-3-9-22(24)26;1-13(19)3-2-4-14-5-7-15(8-6-14)18(11-9-16)12-10-17/h2-5,8-11,13-15,30H,6-7,12,16H2,1H3,(H,27,32)(H,28,29);5-8H,2-4,9-12H2,1H3. The molecule has 1 aromatic heterocycles. The number of carbonyl (C=O) groups is 3. The number of aromatic nitrogens is 1. The molecule has 0 bridgehead atoms. The lowest BCUT2D eigenvalue weighted by molar-refractivity contribution is -0.118. The van der Waals surface area contributed by atoms with Gasteiger partial charge in [0.05, 0.1) is 23.3 Å². The molecule has 0 unspecified atom stereocenters. The smallest absolute Gasteiger partial charge is 0.224 e. The number of carbonyl (C=O) groups excluding carboxylic acids is 3. The lowest BCUT2D eigenvalue weighted by atomic mass is 10.1. The van der Waals surface area contributed by atoms with Crippen molar-refractivity contribution in [2.45, 2.75) is 59.0 Å². The molecule has 0 saturated carbocycles. The van der Waals surface area contributed by atoms with Crippen LogP contribution in [0.3, 0.4) is 0 Å². The molecule has 0 aliphatic carbocycles. The van der Waals surface area contributed by atoms with Gasteiger partial charge in [-0.2, -0.15) is 0 Å². The maximum Gasteiger partial charge on any atom is 0.224 e. The molecule has 4 aromatic carbocycles. The molecule has 1 heterocycles. The number of hydrogen-bond acceptors (Lipinski definition) is 7. The highest BCUT2D eigenvalue weighted by Crippen LogP contribution is 2.34. The van der Waals surface area contributed by atoms with Crippen molar-refractivity contribution >= 4 is 85.2 Å². The zero-order chi connectivity index (χ0) is 36.6. The number of para-hydroxylation sites is 2. The Kier molecular flexibility index (Phi) is 15.7. The number of hydrogen-bond donors (Lipinski definition) is 3. The summed E-state index contributed by atoms with van der Waals surface area (Å²) < 4.78 is 0. The zero-order valence-electron chi connectivity index (χ0n) is 29.3. The number of pyridine rings is 1. The largest absolute Gasteiger partial charge is 0.392 e. The number of amides is 1. The molecule has 3 N–H and O–H groups in total. The number of fused-ring (bicyclic) bond motifs is 2. The van der Waals surface area contributed by atoms with E-state index in [0.717, 1.165) is 64.8 Å². The van der Waals surface area contributed by atoms with E-state index < -0.39 is 0 Å². The number of Topliss-reactive ketones (excluding diaryl/α,β-unsaturated/α-hetero) is 2. The Morgan fingerprint density at radius 1 is 0.706 bits per heavy atom. The van der Waals surface area contributed by atoms with Crippen LogP contribution in [-0.2, 0) is 27.4 Å². The lowest BCUT2D eigenvalue weighted by Gasteiger charge is -2.23. The van der Waals surface area contributed by atoms with Gasteiger partial charge in [-0.25, -0.2) is 4.98 Å². The summed E-state index contributed by atoms with van der Waals surface area (Å²) in [6.07, 6.45) is 3.70. The first kappa shape index (κ1) is 39.3. The summed E-state index contributed by atoms with van der Waals surface area (Å²) in [5.41, 5.74) is 7.11. The quantitative estimate of drug-likeness (QED) is 0.0647. The third-order valence-corrected chi connectivity index (χ3v) is 8.59.